The van der Waals surface area contributed by atoms with E-state index in [9.17, 15) is 45.6 Å². The molecule has 2 aliphatic heterocycles. The molecule has 2 fully saturated rings. The maximum absolute atomic E-state index is 13.3. The zero-order valence-corrected chi connectivity index (χ0v) is 51.8. The second-order valence-corrected chi connectivity index (χ2v) is 24.3. The molecule has 2 heterocycles. The largest absolute Gasteiger partial charge is 0.394 e. The van der Waals surface area contributed by atoms with Crippen LogP contribution in [-0.2, 0) is 23.7 Å². The number of aliphatic hydroxyl groups is 8. The molecule has 81 heavy (non-hydrogen) atoms. The number of hydrogen-bond donors (Lipinski definition) is 9. The molecular weight excluding hydrogens is 1030 g/mol. The first kappa shape index (κ1) is 75.6. The fraction of sp³-hybridized carbons (Fsp3) is 0.925. The van der Waals surface area contributed by atoms with Gasteiger partial charge in [-0.25, -0.2) is 0 Å². The Morgan fingerprint density at radius 2 is 0.778 bits per heavy atom. The minimum atomic E-state index is -1.79. The molecule has 0 aromatic heterocycles. The van der Waals surface area contributed by atoms with Crippen LogP contribution in [0, 0.1) is 0 Å². The molecule has 2 saturated heterocycles. The summed E-state index contributed by atoms with van der Waals surface area (Å²) in [5.41, 5.74) is 0. The van der Waals surface area contributed by atoms with Crippen molar-refractivity contribution in [3.8, 4) is 0 Å². The van der Waals surface area contributed by atoms with Gasteiger partial charge in [0.2, 0.25) is 5.91 Å². The number of hydrogen-bond acceptors (Lipinski definition) is 13. The van der Waals surface area contributed by atoms with E-state index < -0.39 is 86.8 Å². The van der Waals surface area contributed by atoms with Crippen molar-refractivity contribution in [2.24, 2.45) is 0 Å². The van der Waals surface area contributed by atoms with Crippen LogP contribution in [0.2, 0.25) is 0 Å². The van der Waals surface area contributed by atoms with E-state index in [-0.39, 0.29) is 18.9 Å². The van der Waals surface area contributed by atoms with E-state index >= 15 is 0 Å². The van der Waals surface area contributed by atoms with Gasteiger partial charge in [-0.2, -0.15) is 0 Å². The zero-order valence-electron chi connectivity index (χ0n) is 51.8. The summed E-state index contributed by atoms with van der Waals surface area (Å²) < 4.78 is 22.8. The summed E-state index contributed by atoms with van der Waals surface area (Å²) in [7, 11) is 0. The average Bonchev–Trinajstić information content (AvgIpc) is 3.47. The first-order valence-corrected chi connectivity index (χ1v) is 34.1. The highest BCUT2D eigenvalue weighted by molar-refractivity contribution is 5.76. The van der Waals surface area contributed by atoms with E-state index in [0.717, 1.165) is 38.5 Å². The Balaban J connectivity index is 1.64. The Morgan fingerprint density at radius 3 is 1.17 bits per heavy atom. The van der Waals surface area contributed by atoms with Crippen molar-refractivity contribution in [1.82, 2.24) is 5.32 Å². The number of ether oxygens (including phenoxy) is 4. The lowest BCUT2D eigenvalue weighted by Crippen LogP contribution is -2.65. The normalized spacial score (nSPS) is 24.2. The number of aliphatic hydroxyl groups excluding tert-OH is 8. The van der Waals surface area contributed by atoms with Crippen molar-refractivity contribution in [2.75, 3.05) is 19.8 Å². The second-order valence-electron chi connectivity index (χ2n) is 24.3. The molecule has 12 unspecified atom stereocenters. The fourth-order valence-corrected chi connectivity index (χ4v) is 11.4. The Bertz CT molecular complexity index is 1450. The van der Waals surface area contributed by atoms with Gasteiger partial charge in [-0.3, -0.25) is 4.79 Å². The zero-order chi connectivity index (χ0) is 58.8. The Morgan fingerprint density at radius 1 is 0.432 bits per heavy atom. The summed E-state index contributed by atoms with van der Waals surface area (Å²) in [5.74, 6) is -0.233. The van der Waals surface area contributed by atoms with Crippen molar-refractivity contribution in [3.63, 3.8) is 0 Å². The average molecular weight is 1150 g/mol. The van der Waals surface area contributed by atoms with Gasteiger partial charge in [-0.15, -0.1) is 0 Å². The lowest BCUT2D eigenvalue weighted by Gasteiger charge is -2.46. The highest BCUT2D eigenvalue weighted by Gasteiger charge is 2.51. The minimum Gasteiger partial charge on any atom is -0.394 e. The molecule has 0 saturated carbocycles. The number of allylic oxidation sites excluding steroid dienone is 3. The van der Waals surface area contributed by atoms with Crippen molar-refractivity contribution in [3.05, 3.63) is 24.3 Å². The second kappa shape index (κ2) is 52.8. The minimum absolute atomic E-state index is 0.233. The molecule has 0 aromatic rings. The summed E-state index contributed by atoms with van der Waals surface area (Å²) in [5, 5.41) is 87.3. The Hall–Kier alpha value is -1.53. The van der Waals surface area contributed by atoms with E-state index in [1.54, 1.807) is 6.08 Å². The maximum Gasteiger partial charge on any atom is 0.220 e. The number of carbonyl (C=O) groups excluding carboxylic acids is 1. The van der Waals surface area contributed by atoms with Gasteiger partial charge in [0.25, 0.3) is 0 Å². The summed E-state index contributed by atoms with van der Waals surface area (Å²) in [6.45, 7) is 2.83. The monoisotopic (exact) mass is 1150 g/mol. The number of carbonyl (C=O) groups is 1. The molecule has 0 aromatic carbocycles. The molecule has 2 aliphatic rings. The number of nitrogens with one attached hydrogen (secondary N) is 1. The Kier molecular flexibility index (Phi) is 49.2. The van der Waals surface area contributed by atoms with Gasteiger partial charge >= 0.3 is 0 Å². The first-order valence-electron chi connectivity index (χ1n) is 34.1. The third-order valence-corrected chi connectivity index (χ3v) is 16.9. The van der Waals surface area contributed by atoms with Crippen LogP contribution in [0.4, 0.5) is 0 Å². The van der Waals surface area contributed by atoms with Gasteiger partial charge in [-0.1, -0.05) is 276 Å². The standard InChI is InChI=1S/C67H127NO13/c1-3-5-7-9-11-13-15-17-19-21-22-23-24-25-26-27-28-29-30-31-32-33-34-35-37-39-41-43-45-47-49-51-59(72)68-55(56(71)50-48-46-44-42-40-38-36-20-18-16-14-12-10-8-6-4-2)54-78-66-64(77)62(75)65(58(53-70)80-66)81-67-63(76)61(74)60(73)57(52-69)79-67/h21-22,48,50,55-58,60-67,69-71,73-77H,3-20,23-47,49,51-54H2,1-2H3,(H,68,72)/b22-21-,50-48+. The predicted octanol–water partition coefficient (Wildman–Crippen LogP) is 13.2. The topological polar surface area (TPSA) is 228 Å². The molecule has 9 N–H and O–H groups in total. The van der Waals surface area contributed by atoms with Gasteiger partial charge in [0.05, 0.1) is 32.0 Å². The van der Waals surface area contributed by atoms with E-state index in [0.29, 0.717) is 6.42 Å². The summed E-state index contributed by atoms with van der Waals surface area (Å²) in [4.78, 5) is 13.3. The van der Waals surface area contributed by atoms with Crippen molar-refractivity contribution < 1.29 is 64.6 Å². The number of rotatable bonds is 56. The molecule has 12 atom stereocenters. The van der Waals surface area contributed by atoms with Crippen LogP contribution >= 0.6 is 0 Å². The molecular formula is C67H127NO13. The fourth-order valence-electron chi connectivity index (χ4n) is 11.4. The van der Waals surface area contributed by atoms with E-state index in [2.05, 4.69) is 31.3 Å². The van der Waals surface area contributed by atoms with Crippen LogP contribution < -0.4 is 5.32 Å². The molecule has 0 aliphatic carbocycles. The highest BCUT2D eigenvalue weighted by Crippen LogP contribution is 2.30. The van der Waals surface area contributed by atoms with Gasteiger partial charge in [0.15, 0.2) is 12.6 Å². The van der Waals surface area contributed by atoms with Crippen LogP contribution in [0.15, 0.2) is 24.3 Å². The summed E-state index contributed by atoms with van der Waals surface area (Å²) >= 11 is 0. The number of unbranched alkanes of at least 4 members (excludes halogenated alkanes) is 41. The van der Waals surface area contributed by atoms with Crippen LogP contribution in [0.3, 0.4) is 0 Å². The Labute approximate surface area is 494 Å². The van der Waals surface area contributed by atoms with E-state index in [1.807, 2.05) is 6.08 Å². The first-order chi connectivity index (χ1) is 39.6. The van der Waals surface area contributed by atoms with E-state index in [1.165, 1.54) is 238 Å². The highest BCUT2D eigenvalue weighted by atomic mass is 16.7. The molecule has 14 nitrogen and oxygen atoms in total. The molecule has 14 heteroatoms. The van der Waals surface area contributed by atoms with Crippen molar-refractivity contribution in [1.29, 1.82) is 0 Å². The molecule has 0 radical (unpaired) electrons. The predicted molar refractivity (Wildman–Crippen MR) is 328 cm³/mol. The SMILES string of the molecule is CCCCCCCCCC/C=C\CCCCCCCCCCCCCCCCCCCCCC(=O)NC(COC1OC(CO)C(OC2OC(CO)C(O)C(O)C2O)C(O)C1O)C(O)/C=C/CCCCCCCCCCCCCCCC. The van der Waals surface area contributed by atoms with Crippen LogP contribution in [0.1, 0.15) is 303 Å². The third kappa shape index (κ3) is 37.6. The molecule has 0 spiro atoms. The van der Waals surface area contributed by atoms with Crippen LogP contribution in [0.25, 0.3) is 0 Å². The van der Waals surface area contributed by atoms with Gasteiger partial charge < -0.3 is 65.1 Å². The number of amides is 1. The quantitative estimate of drug-likeness (QED) is 0.0204. The summed E-state index contributed by atoms with van der Waals surface area (Å²) in [6, 6.07) is -0.912. The summed E-state index contributed by atoms with van der Waals surface area (Å²) in [6.07, 6.45) is 48.1. The lowest BCUT2D eigenvalue weighted by atomic mass is 9.97. The van der Waals surface area contributed by atoms with Gasteiger partial charge in [0.1, 0.15) is 48.8 Å². The molecule has 0 bridgehead atoms. The van der Waals surface area contributed by atoms with Gasteiger partial charge in [0, 0.05) is 6.42 Å². The lowest BCUT2D eigenvalue weighted by molar-refractivity contribution is -0.359. The smallest absolute Gasteiger partial charge is 0.220 e. The van der Waals surface area contributed by atoms with Crippen LogP contribution in [-0.4, -0.2) is 140 Å². The van der Waals surface area contributed by atoms with E-state index in [4.69, 9.17) is 18.9 Å². The maximum atomic E-state index is 13.3. The van der Waals surface area contributed by atoms with Crippen molar-refractivity contribution in [2.45, 2.75) is 376 Å². The molecule has 478 valence electrons. The molecule has 2 rings (SSSR count). The van der Waals surface area contributed by atoms with Crippen LogP contribution in [0.5, 0.6) is 0 Å². The van der Waals surface area contributed by atoms with Gasteiger partial charge in [-0.05, 0) is 44.9 Å². The van der Waals surface area contributed by atoms with Crippen molar-refractivity contribution >= 4 is 5.91 Å². The third-order valence-electron chi connectivity index (χ3n) is 16.9. The molecule has 1 amide bonds.